The molecule has 2 aliphatic carbocycles. The van der Waals surface area contributed by atoms with Crippen molar-refractivity contribution in [1.29, 1.82) is 0 Å². The van der Waals surface area contributed by atoms with Crippen LogP contribution in [-0.4, -0.2) is 61.1 Å². The molecule has 2 aromatic rings. The number of amides is 2. The minimum atomic E-state index is -2.70. The summed E-state index contributed by atoms with van der Waals surface area (Å²) in [5.74, 6) is -5.73. The van der Waals surface area contributed by atoms with Crippen LogP contribution in [0.2, 0.25) is 0 Å². The molecule has 4 aliphatic rings. The minimum Gasteiger partial charge on any atom is -0.494 e. The zero-order valence-corrected chi connectivity index (χ0v) is 19.0. The molecule has 2 amide bonds. The molecule has 2 unspecified atom stereocenters. The van der Waals surface area contributed by atoms with Crippen molar-refractivity contribution in [2.24, 2.45) is 17.8 Å². The zero-order chi connectivity index (χ0) is 24.4. The zero-order valence-electron chi connectivity index (χ0n) is 19.0. The van der Waals surface area contributed by atoms with Gasteiger partial charge in [-0.2, -0.15) is 9.61 Å². The molecule has 9 nitrogen and oxygen atoms in total. The smallest absolute Gasteiger partial charge is 0.291 e. The van der Waals surface area contributed by atoms with Crippen molar-refractivity contribution in [3.63, 3.8) is 0 Å². The monoisotopic (exact) mass is 475 g/mol. The van der Waals surface area contributed by atoms with E-state index >= 15 is 0 Å². The number of piperidine rings is 2. The summed E-state index contributed by atoms with van der Waals surface area (Å²) in [6, 6.07) is 0.00319. The van der Waals surface area contributed by atoms with Crippen molar-refractivity contribution in [2.75, 3.05) is 13.1 Å². The van der Waals surface area contributed by atoms with Crippen LogP contribution in [0.15, 0.2) is 17.1 Å². The number of fused-ring (bicyclic) bond motifs is 3. The van der Waals surface area contributed by atoms with Gasteiger partial charge in [0.15, 0.2) is 5.56 Å². The number of alkyl halides is 2. The maximum atomic E-state index is 13.8. The lowest BCUT2D eigenvalue weighted by Crippen LogP contribution is -2.63. The average Bonchev–Trinajstić information content (AvgIpc) is 3.50. The number of halogens is 2. The number of hydrogen-bond donors (Lipinski definition) is 2. The first-order valence-corrected chi connectivity index (χ1v) is 11.6. The summed E-state index contributed by atoms with van der Waals surface area (Å²) in [7, 11) is 0. The topological polar surface area (TPSA) is 109 Å². The molecule has 2 aliphatic heterocycles. The van der Waals surface area contributed by atoms with E-state index in [0.29, 0.717) is 18.5 Å². The van der Waals surface area contributed by atoms with E-state index in [1.807, 2.05) is 13.8 Å². The van der Waals surface area contributed by atoms with Crippen molar-refractivity contribution in [2.45, 2.75) is 51.6 Å². The molecule has 2 aromatic heterocycles. The minimum absolute atomic E-state index is 0.00319. The van der Waals surface area contributed by atoms with Crippen LogP contribution in [0, 0.1) is 17.8 Å². The van der Waals surface area contributed by atoms with Crippen molar-refractivity contribution >= 4 is 23.5 Å². The van der Waals surface area contributed by atoms with Gasteiger partial charge in [0.25, 0.3) is 17.4 Å². The Morgan fingerprint density at radius 2 is 1.97 bits per heavy atom. The second kappa shape index (κ2) is 7.92. The number of hydrogen-bond acceptors (Lipinski definition) is 5. The summed E-state index contributed by atoms with van der Waals surface area (Å²) in [6.07, 6.45) is 6.20. The van der Waals surface area contributed by atoms with Crippen LogP contribution < -0.4 is 10.9 Å². The van der Waals surface area contributed by atoms with E-state index in [9.17, 15) is 28.3 Å². The van der Waals surface area contributed by atoms with E-state index in [-0.39, 0.29) is 36.3 Å². The summed E-state index contributed by atoms with van der Waals surface area (Å²) in [4.78, 5) is 39.7. The fourth-order valence-corrected chi connectivity index (χ4v) is 4.83. The summed E-state index contributed by atoms with van der Waals surface area (Å²) in [6.45, 7) is 4.17. The molecule has 2 atom stereocenters. The van der Waals surface area contributed by atoms with Crippen LogP contribution >= 0.6 is 0 Å². The van der Waals surface area contributed by atoms with Crippen LogP contribution in [0.5, 0.6) is 5.88 Å². The Labute approximate surface area is 194 Å². The Morgan fingerprint density at radius 1 is 1.29 bits per heavy atom. The van der Waals surface area contributed by atoms with Crippen LogP contribution in [0.3, 0.4) is 0 Å². The molecule has 182 valence electrons. The molecule has 2 saturated carbocycles. The Hall–Kier alpha value is -3.24. The molecule has 2 N–H and O–H groups in total. The van der Waals surface area contributed by atoms with Gasteiger partial charge in [0.1, 0.15) is 5.65 Å². The molecular weight excluding hydrogens is 448 g/mol. The van der Waals surface area contributed by atoms with E-state index in [0.717, 1.165) is 17.4 Å². The number of rotatable bonds is 6. The number of nitrogens with one attached hydrogen (secondary N) is 1. The van der Waals surface area contributed by atoms with Crippen molar-refractivity contribution in [1.82, 2.24) is 24.4 Å². The molecular formula is C23H27F2N5O4. The van der Waals surface area contributed by atoms with Crippen LogP contribution in [0.1, 0.15) is 49.0 Å². The van der Waals surface area contributed by atoms with Gasteiger partial charge in [0, 0.05) is 49.2 Å². The number of carbonyl (C=O) groups is 2. The predicted octanol–water partition coefficient (Wildman–Crippen LogP) is 1.88. The van der Waals surface area contributed by atoms with Crippen LogP contribution in [-0.2, 0) is 11.3 Å². The highest BCUT2D eigenvalue weighted by Crippen LogP contribution is 2.52. The van der Waals surface area contributed by atoms with Gasteiger partial charge in [0.2, 0.25) is 11.8 Å². The summed E-state index contributed by atoms with van der Waals surface area (Å²) < 4.78 is 30.1. The lowest BCUT2D eigenvalue weighted by atomic mass is 9.67. The van der Waals surface area contributed by atoms with Gasteiger partial charge in [-0.1, -0.05) is 13.8 Å². The number of nitrogens with zero attached hydrogens (tertiary/aromatic N) is 4. The lowest BCUT2D eigenvalue weighted by molar-refractivity contribution is -0.224. The first kappa shape index (κ1) is 22.5. The number of aromatic hydroxyl groups is 1. The Kier molecular flexibility index (Phi) is 5.25. The van der Waals surface area contributed by atoms with Gasteiger partial charge >= 0.3 is 0 Å². The van der Waals surface area contributed by atoms with Crippen molar-refractivity contribution in [3.05, 3.63) is 33.8 Å². The van der Waals surface area contributed by atoms with Gasteiger partial charge in [0.05, 0.1) is 6.20 Å². The van der Waals surface area contributed by atoms with Crippen LogP contribution in [0.25, 0.3) is 11.7 Å². The average molecular weight is 475 g/mol. The van der Waals surface area contributed by atoms with E-state index < -0.39 is 41.0 Å². The van der Waals surface area contributed by atoms with Crippen molar-refractivity contribution in [3.8, 4) is 5.88 Å². The standard InChI is InChI=1S/C23H27F2N5O4/c1-12(2)9-29-20-13(3-6-17(31)28-10-14-7-15(11-28)23(14,24)25)8-26-30(20)22(34)18(21(29)33)19(32)27-16-4-5-16/h3,6,8,12,14-16,33H,4-5,7,9-11H2,1-2H3,(H,27,32)/b6-3+. The fourth-order valence-electron chi connectivity index (χ4n) is 4.83. The fraction of sp³-hybridized carbons (Fsp3) is 0.565. The normalized spacial score (nSPS) is 23.5. The van der Waals surface area contributed by atoms with E-state index in [4.69, 9.17) is 0 Å². The lowest BCUT2D eigenvalue weighted by Gasteiger charge is -2.52. The molecule has 4 fully saturated rings. The molecule has 34 heavy (non-hydrogen) atoms. The van der Waals surface area contributed by atoms with Gasteiger partial charge in [-0.25, -0.2) is 8.78 Å². The third-order valence-electron chi connectivity index (χ3n) is 6.86. The molecule has 0 aromatic carbocycles. The predicted molar refractivity (Wildman–Crippen MR) is 119 cm³/mol. The first-order chi connectivity index (χ1) is 16.1. The number of carbonyl (C=O) groups excluding carboxylic acids is 2. The molecule has 2 bridgehead atoms. The highest BCUT2D eigenvalue weighted by molar-refractivity contribution is 5.97. The second-order valence-corrected chi connectivity index (χ2v) is 9.97. The summed E-state index contributed by atoms with van der Waals surface area (Å²) in [5, 5.41) is 17.8. The Balaban J connectivity index is 1.48. The molecule has 11 heteroatoms. The molecule has 4 heterocycles. The highest BCUT2D eigenvalue weighted by Gasteiger charge is 2.61. The summed E-state index contributed by atoms with van der Waals surface area (Å²) in [5.41, 5.74) is -0.488. The van der Waals surface area contributed by atoms with Gasteiger partial charge < -0.3 is 15.3 Å². The third-order valence-corrected chi connectivity index (χ3v) is 6.86. The van der Waals surface area contributed by atoms with Gasteiger partial charge in [-0.3, -0.25) is 19.0 Å². The SMILES string of the molecule is CC(C)Cn1c(O)c(C(=O)NC2CC2)c(=O)n2ncc(/C=C/C(=O)N3CC4CC(C3)C4(F)F)c12. The quantitative estimate of drug-likeness (QED) is 0.620. The highest BCUT2D eigenvalue weighted by atomic mass is 19.3. The molecule has 2 saturated heterocycles. The number of aromatic nitrogens is 3. The van der Waals surface area contributed by atoms with Gasteiger partial charge in [-0.15, -0.1) is 0 Å². The molecule has 0 spiro atoms. The maximum absolute atomic E-state index is 13.8. The Bertz CT molecular complexity index is 1250. The van der Waals surface area contributed by atoms with Gasteiger partial charge in [-0.05, 0) is 31.3 Å². The Morgan fingerprint density at radius 3 is 2.56 bits per heavy atom. The largest absolute Gasteiger partial charge is 0.494 e. The van der Waals surface area contributed by atoms with Crippen molar-refractivity contribution < 1.29 is 23.5 Å². The maximum Gasteiger partial charge on any atom is 0.291 e. The summed E-state index contributed by atoms with van der Waals surface area (Å²) >= 11 is 0. The van der Waals surface area contributed by atoms with Crippen LogP contribution in [0.4, 0.5) is 8.78 Å². The molecule has 0 radical (unpaired) electrons. The third kappa shape index (κ3) is 3.67. The first-order valence-electron chi connectivity index (χ1n) is 11.6. The van der Waals surface area contributed by atoms with E-state index in [2.05, 4.69) is 10.4 Å². The van der Waals surface area contributed by atoms with E-state index in [1.54, 1.807) is 0 Å². The second-order valence-electron chi connectivity index (χ2n) is 9.97. The van der Waals surface area contributed by atoms with E-state index in [1.165, 1.54) is 27.8 Å². The molecule has 6 rings (SSSR count).